The van der Waals surface area contributed by atoms with Gasteiger partial charge in [0.05, 0.1) is 37.6 Å². The molecular formula is C22H26N2O6. The minimum Gasteiger partial charge on any atom is -0.490 e. The second kappa shape index (κ2) is 11.8. The van der Waals surface area contributed by atoms with Crippen LogP contribution in [0.3, 0.4) is 0 Å². The summed E-state index contributed by atoms with van der Waals surface area (Å²) in [5, 5.41) is 5.59. The van der Waals surface area contributed by atoms with Crippen LogP contribution < -0.4 is 20.1 Å². The molecule has 2 amide bonds. The van der Waals surface area contributed by atoms with Gasteiger partial charge in [-0.05, 0) is 24.3 Å². The summed E-state index contributed by atoms with van der Waals surface area (Å²) in [6, 6.07) is 14.0. The third kappa shape index (κ3) is 6.47. The van der Waals surface area contributed by atoms with Crippen molar-refractivity contribution < 1.29 is 28.5 Å². The fourth-order valence-corrected chi connectivity index (χ4v) is 2.85. The molecule has 0 spiro atoms. The molecule has 0 saturated heterocycles. The number of rotatable bonds is 0. The Morgan fingerprint density at radius 3 is 1.43 bits per heavy atom. The monoisotopic (exact) mass is 414 g/mol. The molecule has 0 saturated carbocycles. The zero-order valence-corrected chi connectivity index (χ0v) is 16.7. The van der Waals surface area contributed by atoms with Crippen molar-refractivity contribution in [2.24, 2.45) is 0 Å². The number of carbonyl (C=O) groups is 2. The summed E-state index contributed by atoms with van der Waals surface area (Å²) in [6.07, 6.45) is 0. The Hall–Kier alpha value is -3.10. The van der Waals surface area contributed by atoms with E-state index >= 15 is 0 Å². The molecule has 0 aliphatic carbocycles. The van der Waals surface area contributed by atoms with Crippen LogP contribution in [0, 0.1) is 0 Å². The Morgan fingerprint density at radius 2 is 0.967 bits per heavy atom. The predicted octanol–water partition coefficient (Wildman–Crippen LogP) is 1.65. The Balaban J connectivity index is 1.65. The highest BCUT2D eigenvalue weighted by Crippen LogP contribution is 2.18. The average Bonchev–Trinajstić information content (AvgIpc) is 2.77. The first kappa shape index (κ1) is 21.6. The molecule has 1 heterocycles. The standard InChI is InChI=1S/C22H26N2O6/c25-21-17-5-1-3-7-19(17)29-15-13-27-11-12-28-14-16-30-20-8-4-2-6-18(20)22(26)24-10-9-23-21/h1-8H,9-16H2,(H,23,25)(H,24,26). The number of benzene rings is 2. The molecule has 0 aromatic heterocycles. The first-order valence-electron chi connectivity index (χ1n) is 9.91. The third-order valence-corrected chi connectivity index (χ3v) is 4.30. The molecule has 8 heteroatoms. The SMILES string of the molecule is O=C1NCCNC(=O)c2ccccc2OCCOCCOCCOc2ccccc21. The second-order valence-electron chi connectivity index (χ2n) is 6.43. The van der Waals surface area contributed by atoms with Gasteiger partial charge in [0.25, 0.3) is 11.8 Å². The highest BCUT2D eigenvalue weighted by Gasteiger charge is 2.14. The Bertz CT molecular complexity index is 772. The number of carbonyl (C=O) groups excluding carboxylic acids is 2. The minimum absolute atomic E-state index is 0.271. The van der Waals surface area contributed by atoms with Crippen LogP contribution in [0.25, 0.3) is 0 Å². The molecule has 0 bridgehead atoms. The van der Waals surface area contributed by atoms with Crippen molar-refractivity contribution in [1.29, 1.82) is 0 Å². The number of hydrogen-bond acceptors (Lipinski definition) is 6. The van der Waals surface area contributed by atoms with E-state index in [0.717, 1.165) is 0 Å². The van der Waals surface area contributed by atoms with E-state index in [0.29, 0.717) is 62.3 Å². The lowest BCUT2D eigenvalue weighted by atomic mass is 10.2. The molecule has 1 aliphatic rings. The summed E-state index contributed by atoms with van der Waals surface area (Å²) in [4.78, 5) is 25.0. The largest absolute Gasteiger partial charge is 0.490 e. The summed E-state index contributed by atoms with van der Waals surface area (Å²) in [5.41, 5.74) is 0.862. The topological polar surface area (TPSA) is 95.1 Å². The van der Waals surface area contributed by atoms with Gasteiger partial charge in [-0.1, -0.05) is 24.3 Å². The van der Waals surface area contributed by atoms with Gasteiger partial charge in [-0.25, -0.2) is 0 Å². The van der Waals surface area contributed by atoms with Crippen LogP contribution >= 0.6 is 0 Å². The van der Waals surface area contributed by atoms with E-state index in [4.69, 9.17) is 18.9 Å². The first-order chi connectivity index (χ1) is 14.8. The van der Waals surface area contributed by atoms with E-state index in [1.54, 1.807) is 48.5 Å². The van der Waals surface area contributed by atoms with Crippen LogP contribution in [0.1, 0.15) is 20.7 Å². The number of nitrogens with one attached hydrogen (secondary N) is 2. The highest BCUT2D eigenvalue weighted by molar-refractivity contribution is 5.98. The van der Waals surface area contributed by atoms with Crippen molar-refractivity contribution in [2.45, 2.75) is 0 Å². The zero-order valence-electron chi connectivity index (χ0n) is 16.7. The van der Waals surface area contributed by atoms with E-state index in [1.165, 1.54) is 0 Å². The summed E-state index contributed by atoms with van der Waals surface area (Å²) < 4.78 is 22.3. The average molecular weight is 414 g/mol. The quantitative estimate of drug-likeness (QED) is 0.681. The second-order valence-corrected chi connectivity index (χ2v) is 6.43. The van der Waals surface area contributed by atoms with Gasteiger partial charge < -0.3 is 29.6 Å². The molecule has 2 aromatic rings. The molecule has 8 nitrogen and oxygen atoms in total. The lowest BCUT2D eigenvalue weighted by Gasteiger charge is -2.14. The summed E-state index contributed by atoms with van der Waals surface area (Å²) >= 11 is 0. The summed E-state index contributed by atoms with van der Waals surface area (Å²) in [5.74, 6) is 0.429. The van der Waals surface area contributed by atoms with Crippen molar-refractivity contribution in [1.82, 2.24) is 10.6 Å². The lowest BCUT2D eigenvalue weighted by Crippen LogP contribution is -2.35. The predicted molar refractivity (Wildman–Crippen MR) is 110 cm³/mol. The van der Waals surface area contributed by atoms with Gasteiger partial charge >= 0.3 is 0 Å². The van der Waals surface area contributed by atoms with Crippen LogP contribution in [0.2, 0.25) is 0 Å². The van der Waals surface area contributed by atoms with Crippen LogP contribution in [0.5, 0.6) is 11.5 Å². The first-order valence-corrected chi connectivity index (χ1v) is 9.91. The van der Waals surface area contributed by atoms with Gasteiger partial charge in [0.2, 0.25) is 0 Å². The Labute approximate surface area is 175 Å². The van der Waals surface area contributed by atoms with E-state index in [9.17, 15) is 9.59 Å². The smallest absolute Gasteiger partial charge is 0.255 e. The maximum absolute atomic E-state index is 12.5. The molecule has 3 rings (SSSR count). The number of fused-ring (bicyclic) bond motifs is 2. The molecule has 0 fully saturated rings. The summed E-state index contributed by atoms with van der Waals surface area (Å²) in [6.45, 7) is 2.80. The van der Waals surface area contributed by atoms with E-state index in [2.05, 4.69) is 10.6 Å². The number of ether oxygens (including phenoxy) is 4. The maximum atomic E-state index is 12.5. The Morgan fingerprint density at radius 1 is 0.567 bits per heavy atom. The number of hydrogen-bond donors (Lipinski definition) is 2. The highest BCUT2D eigenvalue weighted by atomic mass is 16.6. The van der Waals surface area contributed by atoms with Crippen molar-refractivity contribution in [3.63, 3.8) is 0 Å². The van der Waals surface area contributed by atoms with Gasteiger partial charge in [0, 0.05) is 13.1 Å². The normalized spacial score (nSPS) is 17.2. The van der Waals surface area contributed by atoms with Crippen molar-refractivity contribution >= 4 is 11.8 Å². The zero-order chi connectivity index (χ0) is 21.0. The van der Waals surface area contributed by atoms with Crippen LogP contribution in [-0.4, -0.2) is 64.5 Å². The van der Waals surface area contributed by atoms with Gasteiger partial charge in [-0.15, -0.1) is 0 Å². The van der Waals surface area contributed by atoms with E-state index in [1.807, 2.05) is 0 Å². The third-order valence-electron chi connectivity index (χ3n) is 4.30. The van der Waals surface area contributed by atoms with Crippen molar-refractivity contribution in [3.05, 3.63) is 59.7 Å². The van der Waals surface area contributed by atoms with Gasteiger partial charge in [0.1, 0.15) is 24.7 Å². The molecule has 30 heavy (non-hydrogen) atoms. The fraction of sp³-hybridized carbons (Fsp3) is 0.364. The van der Waals surface area contributed by atoms with Crippen LogP contribution in [0.4, 0.5) is 0 Å². The molecule has 0 radical (unpaired) electrons. The van der Waals surface area contributed by atoms with Gasteiger partial charge in [-0.3, -0.25) is 9.59 Å². The van der Waals surface area contributed by atoms with Crippen molar-refractivity contribution in [3.8, 4) is 11.5 Å². The number of amides is 2. The fourth-order valence-electron chi connectivity index (χ4n) is 2.85. The Kier molecular flexibility index (Phi) is 8.49. The molecule has 0 unspecified atom stereocenters. The summed E-state index contributed by atoms with van der Waals surface area (Å²) in [7, 11) is 0. The van der Waals surface area contributed by atoms with E-state index in [-0.39, 0.29) is 24.9 Å². The van der Waals surface area contributed by atoms with Gasteiger partial charge in [0.15, 0.2) is 0 Å². The molecule has 160 valence electrons. The molecular weight excluding hydrogens is 388 g/mol. The van der Waals surface area contributed by atoms with Crippen LogP contribution in [-0.2, 0) is 9.47 Å². The molecule has 0 atom stereocenters. The van der Waals surface area contributed by atoms with Gasteiger partial charge in [-0.2, -0.15) is 0 Å². The van der Waals surface area contributed by atoms with Crippen molar-refractivity contribution in [2.75, 3.05) is 52.7 Å². The molecule has 2 aromatic carbocycles. The van der Waals surface area contributed by atoms with E-state index < -0.39 is 0 Å². The van der Waals surface area contributed by atoms with Crippen LogP contribution in [0.15, 0.2) is 48.5 Å². The molecule has 1 aliphatic heterocycles. The number of para-hydroxylation sites is 2. The molecule has 2 N–H and O–H groups in total. The maximum Gasteiger partial charge on any atom is 0.255 e. The minimum atomic E-state index is -0.271. The lowest BCUT2D eigenvalue weighted by molar-refractivity contribution is 0.0271.